The Morgan fingerprint density at radius 2 is 1.88 bits per heavy atom. The summed E-state index contributed by atoms with van der Waals surface area (Å²) in [5.74, 6) is -0.0838. The van der Waals surface area contributed by atoms with Crippen LogP contribution in [-0.2, 0) is 6.54 Å². The topological polar surface area (TPSA) is 75.4 Å². The summed E-state index contributed by atoms with van der Waals surface area (Å²) in [7, 11) is 0. The number of nitrogens with one attached hydrogen (secondary N) is 1. The van der Waals surface area contributed by atoms with E-state index in [1.165, 1.54) is 0 Å². The van der Waals surface area contributed by atoms with Gasteiger partial charge in [0.05, 0.1) is 6.04 Å². The van der Waals surface area contributed by atoms with E-state index in [0.29, 0.717) is 12.1 Å². The lowest BCUT2D eigenvalue weighted by atomic mass is 9.97. The minimum Gasteiger partial charge on any atom is -0.351 e. The Hall–Kier alpha value is -2.82. The summed E-state index contributed by atoms with van der Waals surface area (Å²) < 4.78 is 0. The zero-order valence-electron chi connectivity index (χ0n) is 14.5. The number of fused-ring (bicyclic) bond motifs is 1. The Labute approximate surface area is 147 Å². The van der Waals surface area contributed by atoms with Crippen molar-refractivity contribution in [3.8, 4) is 0 Å². The van der Waals surface area contributed by atoms with Crippen molar-refractivity contribution in [2.45, 2.75) is 38.9 Å². The second kappa shape index (κ2) is 6.97. The van der Waals surface area contributed by atoms with Gasteiger partial charge in [0.15, 0.2) is 0 Å². The Morgan fingerprint density at radius 3 is 2.52 bits per heavy atom. The van der Waals surface area contributed by atoms with Gasteiger partial charge in [-0.3, -0.25) is 4.79 Å². The minimum absolute atomic E-state index is 0.0838. The Balaban J connectivity index is 1.88. The number of hydrogen-bond acceptors (Lipinski definition) is 2. The highest BCUT2D eigenvalue weighted by Crippen LogP contribution is 2.38. The van der Waals surface area contributed by atoms with Crippen molar-refractivity contribution in [2.75, 3.05) is 0 Å². The molecule has 0 spiro atoms. The van der Waals surface area contributed by atoms with Gasteiger partial charge in [-0.2, -0.15) is 0 Å². The van der Waals surface area contributed by atoms with Gasteiger partial charge < -0.3 is 16.0 Å². The smallest absolute Gasteiger partial charge is 0.315 e. The van der Waals surface area contributed by atoms with Gasteiger partial charge in [-0.15, -0.1) is 0 Å². The van der Waals surface area contributed by atoms with E-state index in [-0.39, 0.29) is 18.0 Å². The molecule has 0 aromatic heterocycles. The van der Waals surface area contributed by atoms with Crippen LogP contribution in [0.4, 0.5) is 4.79 Å². The van der Waals surface area contributed by atoms with Crippen molar-refractivity contribution in [1.29, 1.82) is 0 Å². The Bertz CT molecular complexity index is 786. The van der Waals surface area contributed by atoms with Crippen LogP contribution in [0.5, 0.6) is 0 Å². The second-order valence-corrected chi connectivity index (χ2v) is 6.47. The second-order valence-electron chi connectivity index (χ2n) is 6.47. The number of carbonyl (C=O) groups excluding carboxylic acids is 2. The SMILES string of the molecule is CC[C@@H](C)NC(=O)c1ccc(C2c3ccccc3CN2C(N)=O)cc1. The van der Waals surface area contributed by atoms with Crippen molar-refractivity contribution in [2.24, 2.45) is 5.73 Å². The summed E-state index contributed by atoms with van der Waals surface area (Å²) in [6, 6.07) is 14.8. The van der Waals surface area contributed by atoms with E-state index < -0.39 is 6.03 Å². The number of hydrogen-bond donors (Lipinski definition) is 2. The summed E-state index contributed by atoms with van der Waals surface area (Å²) in [4.78, 5) is 25.7. The van der Waals surface area contributed by atoms with Crippen LogP contribution < -0.4 is 11.1 Å². The number of carbonyl (C=O) groups is 2. The third kappa shape index (κ3) is 3.36. The summed E-state index contributed by atoms with van der Waals surface area (Å²) in [6.45, 7) is 4.52. The largest absolute Gasteiger partial charge is 0.351 e. The lowest BCUT2D eigenvalue weighted by Gasteiger charge is -2.24. The molecule has 1 heterocycles. The normalized spacial score (nSPS) is 17.0. The van der Waals surface area contributed by atoms with Gasteiger partial charge >= 0.3 is 6.03 Å². The van der Waals surface area contributed by atoms with Crippen LogP contribution >= 0.6 is 0 Å². The van der Waals surface area contributed by atoms with Gasteiger partial charge in [0.1, 0.15) is 0 Å². The van der Waals surface area contributed by atoms with E-state index in [1.807, 2.05) is 50.2 Å². The molecule has 0 bridgehead atoms. The molecule has 1 aliphatic rings. The molecule has 3 rings (SSSR count). The molecule has 0 aliphatic carbocycles. The molecular formula is C20H23N3O2. The average molecular weight is 337 g/mol. The monoisotopic (exact) mass is 337 g/mol. The molecule has 0 saturated heterocycles. The molecular weight excluding hydrogens is 314 g/mol. The molecule has 2 atom stereocenters. The number of nitrogens with zero attached hydrogens (tertiary/aromatic N) is 1. The van der Waals surface area contributed by atoms with Crippen LogP contribution in [0.15, 0.2) is 48.5 Å². The highest BCUT2D eigenvalue weighted by Gasteiger charge is 2.33. The number of nitrogens with two attached hydrogens (primary N) is 1. The molecule has 0 radical (unpaired) electrons. The van der Waals surface area contributed by atoms with Crippen molar-refractivity contribution < 1.29 is 9.59 Å². The van der Waals surface area contributed by atoms with Crippen LogP contribution in [0.25, 0.3) is 0 Å². The molecule has 2 aromatic carbocycles. The fraction of sp³-hybridized carbons (Fsp3) is 0.300. The summed E-state index contributed by atoms with van der Waals surface area (Å²) >= 11 is 0. The van der Waals surface area contributed by atoms with Gasteiger partial charge in [-0.1, -0.05) is 43.3 Å². The number of primary amides is 1. The molecule has 5 heteroatoms. The zero-order valence-corrected chi connectivity index (χ0v) is 14.5. The van der Waals surface area contributed by atoms with Crippen molar-refractivity contribution in [3.63, 3.8) is 0 Å². The van der Waals surface area contributed by atoms with Gasteiger partial charge in [0.25, 0.3) is 5.91 Å². The molecule has 0 saturated carbocycles. The van der Waals surface area contributed by atoms with Crippen molar-refractivity contribution in [1.82, 2.24) is 10.2 Å². The predicted molar refractivity (Wildman–Crippen MR) is 97.1 cm³/mol. The van der Waals surface area contributed by atoms with E-state index in [9.17, 15) is 9.59 Å². The molecule has 130 valence electrons. The van der Waals surface area contributed by atoms with E-state index in [2.05, 4.69) is 5.32 Å². The highest BCUT2D eigenvalue weighted by atomic mass is 16.2. The first-order valence-electron chi connectivity index (χ1n) is 8.56. The third-order valence-electron chi connectivity index (χ3n) is 4.76. The number of amides is 3. The van der Waals surface area contributed by atoms with Crippen molar-refractivity contribution >= 4 is 11.9 Å². The number of rotatable bonds is 4. The average Bonchev–Trinajstić information content (AvgIpc) is 3.01. The maximum atomic E-state index is 12.2. The lowest BCUT2D eigenvalue weighted by Crippen LogP contribution is -2.34. The lowest BCUT2D eigenvalue weighted by molar-refractivity contribution is 0.0939. The predicted octanol–water partition coefficient (Wildman–Crippen LogP) is 3.20. The maximum absolute atomic E-state index is 12.2. The van der Waals surface area contributed by atoms with E-state index in [4.69, 9.17) is 5.73 Å². The van der Waals surface area contributed by atoms with Gasteiger partial charge in [-0.05, 0) is 42.2 Å². The van der Waals surface area contributed by atoms with Crippen LogP contribution in [0, 0.1) is 0 Å². The Kier molecular flexibility index (Phi) is 4.74. The van der Waals surface area contributed by atoms with Gasteiger partial charge in [-0.25, -0.2) is 4.79 Å². The first kappa shape index (κ1) is 17.0. The summed E-state index contributed by atoms with van der Waals surface area (Å²) in [6.07, 6.45) is 0.885. The van der Waals surface area contributed by atoms with E-state index in [0.717, 1.165) is 23.1 Å². The van der Waals surface area contributed by atoms with E-state index in [1.54, 1.807) is 17.0 Å². The molecule has 0 fully saturated rings. The fourth-order valence-electron chi connectivity index (χ4n) is 3.18. The van der Waals surface area contributed by atoms with Gasteiger partial charge in [0.2, 0.25) is 0 Å². The molecule has 1 unspecified atom stereocenters. The molecule has 25 heavy (non-hydrogen) atoms. The minimum atomic E-state index is -0.445. The van der Waals surface area contributed by atoms with Crippen LogP contribution in [0.1, 0.15) is 53.4 Å². The Morgan fingerprint density at radius 1 is 1.20 bits per heavy atom. The molecule has 3 N–H and O–H groups in total. The van der Waals surface area contributed by atoms with Crippen molar-refractivity contribution in [3.05, 3.63) is 70.8 Å². The fourth-order valence-corrected chi connectivity index (χ4v) is 3.18. The quantitative estimate of drug-likeness (QED) is 0.899. The standard InChI is InChI=1S/C20H23N3O2/c1-3-13(2)22-19(24)15-10-8-14(9-11-15)18-17-7-5-4-6-16(17)12-23(18)20(21)25/h4-11,13,18H,3,12H2,1-2H3,(H2,21,25)(H,22,24)/t13-,18?/m1/s1. The molecule has 5 nitrogen and oxygen atoms in total. The first-order chi connectivity index (χ1) is 12.0. The zero-order chi connectivity index (χ0) is 18.0. The maximum Gasteiger partial charge on any atom is 0.315 e. The first-order valence-corrected chi connectivity index (χ1v) is 8.56. The van der Waals surface area contributed by atoms with Crippen LogP contribution in [0.2, 0.25) is 0 Å². The number of benzene rings is 2. The van der Waals surface area contributed by atoms with Crippen LogP contribution in [-0.4, -0.2) is 22.9 Å². The van der Waals surface area contributed by atoms with Crippen LogP contribution in [0.3, 0.4) is 0 Å². The highest BCUT2D eigenvalue weighted by molar-refractivity contribution is 5.94. The molecule has 2 aromatic rings. The molecule has 3 amide bonds. The summed E-state index contributed by atoms with van der Waals surface area (Å²) in [5, 5.41) is 2.95. The van der Waals surface area contributed by atoms with Gasteiger partial charge in [0, 0.05) is 18.2 Å². The summed E-state index contributed by atoms with van der Waals surface area (Å²) in [5.41, 5.74) is 9.32. The number of urea groups is 1. The molecule has 1 aliphatic heterocycles. The van der Waals surface area contributed by atoms with E-state index >= 15 is 0 Å². The third-order valence-corrected chi connectivity index (χ3v) is 4.76.